The molecule has 0 radical (unpaired) electrons. The molecule has 0 spiro atoms. The number of nitrogens with one attached hydrogen (secondary N) is 1. The summed E-state index contributed by atoms with van der Waals surface area (Å²) in [6, 6.07) is 3.53. The van der Waals surface area contributed by atoms with Crippen molar-refractivity contribution in [3.8, 4) is 0 Å². The van der Waals surface area contributed by atoms with Crippen LogP contribution >= 0.6 is 0 Å². The molecule has 1 aromatic rings. The van der Waals surface area contributed by atoms with Crippen LogP contribution in [0.15, 0.2) is 18.3 Å². The first-order valence-electron chi connectivity index (χ1n) is 5.85. The Morgan fingerprint density at radius 3 is 2.71 bits per heavy atom. The summed E-state index contributed by atoms with van der Waals surface area (Å²) in [7, 11) is 0. The van der Waals surface area contributed by atoms with Gasteiger partial charge in [0.15, 0.2) is 0 Å². The number of rotatable bonds is 4. The van der Waals surface area contributed by atoms with E-state index in [1.807, 2.05) is 27.7 Å². The minimum absolute atomic E-state index is 0.114. The van der Waals surface area contributed by atoms with Gasteiger partial charge in [-0.05, 0) is 31.9 Å². The van der Waals surface area contributed by atoms with E-state index in [-0.39, 0.29) is 17.4 Å². The van der Waals surface area contributed by atoms with Crippen molar-refractivity contribution in [2.45, 2.75) is 33.2 Å². The van der Waals surface area contributed by atoms with Crippen molar-refractivity contribution in [1.82, 2.24) is 10.3 Å². The van der Waals surface area contributed by atoms with Gasteiger partial charge in [-0.25, -0.2) is 0 Å². The van der Waals surface area contributed by atoms with E-state index in [0.717, 1.165) is 5.69 Å². The molecule has 94 valence electrons. The van der Waals surface area contributed by atoms with Gasteiger partial charge in [0.2, 0.25) is 0 Å². The first-order valence-corrected chi connectivity index (χ1v) is 5.85. The molecule has 1 aromatic heterocycles. The fourth-order valence-electron chi connectivity index (χ4n) is 1.48. The minimum atomic E-state index is -0.390. The molecule has 3 N–H and O–H groups in total. The molecule has 4 heteroatoms. The van der Waals surface area contributed by atoms with E-state index in [1.54, 1.807) is 18.3 Å². The van der Waals surface area contributed by atoms with Crippen molar-refractivity contribution in [3.05, 3.63) is 29.6 Å². The van der Waals surface area contributed by atoms with Crippen molar-refractivity contribution >= 4 is 5.91 Å². The number of carbonyl (C=O) groups excluding carboxylic acids is 1. The zero-order chi connectivity index (χ0) is 13.1. The summed E-state index contributed by atoms with van der Waals surface area (Å²) in [5.74, 6) is 0.158. The third kappa shape index (κ3) is 3.03. The molecule has 0 aliphatic rings. The molecule has 0 saturated heterocycles. The monoisotopic (exact) mass is 235 g/mol. The lowest BCUT2D eigenvalue weighted by Crippen LogP contribution is -2.55. The smallest absolute Gasteiger partial charge is 0.253 e. The topological polar surface area (TPSA) is 68.0 Å². The Hall–Kier alpha value is -1.42. The van der Waals surface area contributed by atoms with Gasteiger partial charge >= 0.3 is 0 Å². The highest BCUT2D eigenvalue weighted by molar-refractivity contribution is 5.95. The fourth-order valence-corrected chi connectivity index (χ4v) is 1.48. The fraction of sp³-hybridized carbons (Fsp3) is 0.538. The van der Waals surface area contributed by atoms with Crippen LogP contribution in [-0.2, 0) is 0 Å². The number of hydrogen-bond donors (Lipinski definition) is 2. The first-order chi connectivity index (χ1) is 7.90. The van der Waals surface area contributed by atoms with Crippen LogP contribution in [0.5, 0.6) is 0 Å². The van der Waals surface area contributed by atoms with Crippen LogP contribution in [0.4, 0.5) is 0 Å². The molecular weight excluding hydrogens is 214 g/mol. The van der Waals surface area contributed by atoms with Crippen molar-refractivity contribution in [2.24, 2.45) is 11.7 Å². The van der Waals surface area contributed by atoms with Gasteiger partial charge in [0.05, 0.1) is 11.1 Å². The predicted octanol–water partition coefficient (Wildman–Crippen LogP) is 1.49. The van der Waals surface area contributed by atoms with Crippen LogP contribution in [0.3, 0.4) is 0 Å². The van der Waals surface area contributed by atoms with Crippen molar-refractivity contribution in [2.75, 3.05) is 6.54 Å². The average molecular weight is 235 g/mol. The quantitative estimate of drug-likeness (QED) is 0.831. The lowest BCUT2D eigenvalue weighted by Gasteiger charge is -2.33. The van der Waals surface area contributed by atoms with Crippen LogP contribution in [-0.4, -0.2) is 23.0 Å². The van der Waals surface area contributed by atoms with E-state index < -0.39 is 0 Å². The minimum Gasteiger partial charge on any atom is -0.345 e. The molecule has 1 atom stereocenters. The third-order valence-electron chi connectivity index (χ3n) is 3.35. The predicted molar refractivity (Wildman–Crippen MR) is 68.7 cm³/mol. The maximum atomic E-state index is 12.1. The number of amides is 1. The van der Waals surface area contributed by atoms with Crippen molar-refractivity contribution < 1.29 is 4.79 Å². The van der Waals surface area contributed by atoms with Crippen LogP contribution in [0, 0.1) is 12.8 Å². The van der Waals surface area contributed by atoms with Crippen LogP contribution < -0.4 is 11.1 Å². The van der Waals surface area contributed by atoms with Gasteiger partial charge in [-0.1, -0.05) is 13.8 Å². The number of nitrogens with two attached hydrogens (primary N) is 1. The Bertz CT molecular complexity index is 403. The van der Waals surface area contributed by atoms with Gasteiger partial charge in [0.25, 0.3) is 5.91 Å². The van der Waals surface area contributed by atoms with E-state index in [2.05, 4.69) is 10.3 Å². The van der Waals surface area contributed by atoms with E-state index in [9.17, 15) is 4.79 Å². The molecule has 0 fully saturated rings. The highest BCUT2D eigenvalue weighted by Gasteiger charge is 2.29. The zero-order valence-electron chi connectivity index (χ0n) is 10.9. The lowest BCUT2D eigenvalue weighted by molar-refractivity contribution is 0.0882. The third-order valence-corrected chi connectivity index (χ3v) is 3.35. The van der Waals surface area contributed by atoms with Crippen molar-refractivity contribution in [3.63, 3.8) is 0 Å². The number of pyridine rings is 1. The molecule has 4 nitrogen and oxygen atoms in total. The van der Waals surface area contributed by atoms with Crippen molar-refractivity contribution in [1.29, 1.82) is 0 Å². The highest BCUT2D eigenvalue weighted by atomic mass is 16.1. The van der Waals surface area contributed by atoms with Gasteiger partial charge in [-0.3, -0.25) is 9.78 Å². The molecule has 0 aliphatic carbocycles. The van der Waals surface area contributed by atoms with E-state index in [4.69, 9.17) is 5.73 Å². The summed E-state index contributed by atoms with van der Waals surface area (Å²) in [4.78, 5) is 16.2. The van der Waals surface area contributed by atoms with Gasteiger partial charge in [-0.15, -0.1) is 0 Å². The van der Waals surface area contributed by atoms with Gasteiger partial charge in [0, 0.05) is 18.4 Å². The second-order valence-corrected chi connectivity index (χ2v) is 4.87. The molecule has 1 amide bonds. The highest BCUT2D eigenvalue weighted by Crippen LogP contribution is 2.16. The summed E-state index contributed by atoms with van der Waals surface area (Å²) in [6.45, 7) is 8.29. The Kier molecular flexibility index (Phi) is 4.23. The van der Waals surface area contributed by atoms with E-state index >= 15 is 0 Å². The Morgan fingerprint density at radius 1 is 1.59 bits per heavy atom. The normalized spacial score (nSPS) is 14.5. The summed E-state index contributed by atoms with van der Waals surface area (Å²) in [5, 5.41) is 3.00. The number of nitrogens with zero attached hydrogens (tertiary/aromatic N) is 1. The molecule has 0 aliphatic heterocycles. The summed E-state index contributed by atoms with van der Waals surface area (Å²) in [5.41, 5.74) is 6.69. The first kappa shape index (κ1) is 13.6. The maximum Gasteiger partial charge on any atom is 0.253 e. The number of aryl methyl sites for hydroxylation is 1. The molecule has 0 aromatic carbocycles. The zero-order valence-corrected chi connectivity index (χ0v) is 10.9. The van der Waals surface area contributed by atoms with Gasteiger partial charge < -0.3 is 11.1 Å². The molecule has 0 saturated carbocycles. The SMILES string of the molecule is Cc1ncccc1C(=O)NC(C)(CN)C(C)C. The second kappa shape index (κ2) is 5.27. The van der Waals surface area contributed by atoms with Crippen LogP contribution in [0.25, 0.3) is 0 Å². The van der Waals surface area contributed by atoms with E-state index in [0.29, 0.717) is 12.1 Å². The number of hydrogen-bond acceptors (Lipinski definition) is 3. The molecule has 1 rings (SSSR count). The molecule has 1 unspecified atom stereocenters. The molecule has 17 heavy (non-hydrogen) atoms. The Balaban J connectivity index is 2.90. The van der Waals surface area contributed by atoms with Crippen LogP contribution in [0.1, 0.15) is 36.8 Å². The lowest BCUT2D eigenvalue weighted by atomic mass is 9.88. The summed E-state index contributed by atoms with van der Waals surface area (Å²) in [6.07, 6.45) is 1.68. The standard InChI is InChI=1S/C13H21N3O/c1-9(2)13(4,8-14)16-12(17)11-6-5-7-15-10(11)3/h5-7,9H,8,14H2,1-4H3,(H,16,17). The average Bonchev–Trinajstić information content (AvgIpc) is 2.29. The summed E-state index contributed by atoms with van der Waals surface area (Å²) >= 11 is 0. The Morgan fingerprint density at radius 2 is 2.24 bits per heavy atom. The summed E-state index contributed by atoms with van der Waals surface area (Å²) < 4.78 is 0. The number of aromatic nitrogens is 1. The maximum absolute atomic E-state index is 12.1. The molecular formula is C13H21N3O. The molecule has 1 heterocycles. The largest absolute Gasteiger partial charge is 0.345 e. The van der Waals surface area contributed by atoms with E-state index in [1.165, 1.54) is 0 Å². The van der Waals surface area contributed by atoms with Crippen LogP contribution in [0.2, 0.25) is 0 Å². The Labute approximate surface area is 103 Å². The second-order valence-electron chi connectivity index (χ2n) is 4.87. The molecule has 0 bridgehead atoms. The number of carbonyl (C=O) groups is 1. The van der Waals surface area contributed by atoms with Gasteiger partial charge in [0.1, 0.15) is 0 Å². The van der Waals surface area contributed by atoms with Gasteiger partial charge in [-0.2, -0.15) is 0 Å².